The quantitative estimate of drug-likeness (QED) is 0.712. The van der Waals surface area contributed by atoms with Gasteiger partial charge in [-0.3, -0.25) is 0 Å². The topological polar surface area (TPSA) is 52.0 Å². The Balaban J connectivity index is 2.31. The lowest BCUT2D eigenvalue weighted by atomic mass is 9.59. The van der Waals surface area contributed by atoms with E-state index in [2.05, 4.69) is 70.2 Å². The third-order valence-corrected chi connectivity index (χ3v) is 5.58. The van der Waals surface area contributed by atoms with Crippen molar-refractivity contribution in [2.45, 2.75) is 33.1 Å². The molecular formula is C24H30N2. The van der Waals surface area contributed by atoms with Crippen LogP contribution < -0.4 is 11.5 Å². The summed E-state index contributed by atoms with van der Waals surface area (Å²) in [4.78, 5) is 0. The van der Waals surface area contributed by atoms with Gasteiger partial charge in [0, 0.05) is 16.8 Å². The Labute approximate surface area is 157 Å². The van der Waals surface area contributed by atoms with Crippen LogP contribution in [0.1, 0.15) is 38.8 Å². The molecular weight excluding hydrogens is 316 g/mol. The van der Waals surface area contributed by atoms with E-state index in [1.165, 1.54) is 16.7 Å². The van der Waals surface area contributed by atoms with Crippen LogP contribution in [0.2, 0.25) is 0 Å². The molecule has 0 heterocycles. The summed E-state index contributed by atoms with van der Waals surface area (Å²) in [5, 5.41) is 0. The van der Waals surface area contributed by atoms with Crippen molar-refractivity contribution in [2.24, 2.45) is 17.8 Å². The van der Waals surface area contributed by atoms with Crippen molar-refractivity contribution in [3.05, 3.63) is 83.5 Å². The molecule has 0 spiro atoms. The van der Waals surface area contributed by atoms with E-state index in [0.29, 0.717) is 17.8 Å². The minimum atomic E-state index is -0.218. The summed E-state index contributed by atoms with van der Waals surface area (Å²) in [6.07, 6.45) is 7.17. The van der Waals surface area contributed by atoms with E-state index >= 15 is 0 Å². The van der Waals surface area contributed by atoms with Crippen LogP contribution in [0.25, 0.3) is 0 Å². The molecule has 2 aromatic carbocycles. The normalized spacial score (nSPS) is 19.0. The summed E-state index contributed by atoms with van der Waals surface area (Å²) >= 11 is 0. The fourth-order valence-electron chi connectivity index (χ4n) is 4.12. The van der Waals surface area contributed by atoms with Crippen molar-refractivity contribution in [3.8, 4) is 0 Å². The van der Waals surface area contributed by atoms with Gasteiger partial charge in [0.25, 0.3) is 0 Å². The van der Waals surface area contributed by atoms with Crippen molar-refractivity contribution in [1.29, 1.82) is 0 Å². The van der Waals surface area contributed by atoms with E-state index in [4.69, 9.17) is 11.5 Å². The lowest BCUT2D eigenvalue weighted by Crippen LogP contribution is -2.39. The van der Waals surface area contributed by atoms with Gasteiger partial charge in [-0.05, 0) is 58.7 Å². The zero-order chi connectivity index (χ0) is 18.9. The van der Waals surface area contributed by atoms with Gasteiger partial charge in [0.05, 0.1) is 0 Å². The first kappa shape index (κ1) is 18.3. The molecule has 2 nitrogen and oxygen atoms in total. The molecule has 2 heteroatoms. The Morgan fingerprint density at radius 1 is 0.769 bits per heavy atom. The molecule has 4 N–H and O–H groups in total. The zero-order valence-corrected chi connectivity index (χ0v) is 16.2. The molecule has 0 saturated heterocycles. The van der Waals surface area contributed by atoms with Crippen LogP contribution in [0.3, 0.4) is 0 Å². The number of benzene rings is 2. The van der Waals surface area contributed by atoms with Crippen LogP contribution in [-0.2, 0) is 5.41 Å². The highest BCUT2D eigenvalue weighted by atomic mass is 14.6. The average Bonchev–Trinajstić information content (AvgIpc) is 2.62. The fourth-order valence-corrected chi connectivity index (χ4v) is 4.12. The molecule has 0 aromatic heterocycles. The minimum Gasteiger partial charge on any atom is -0.399 e. The Bertz CT molecular complexity index is 763. The molecule has 2 aromatic rings. The number of anilines is 2. The van der Waals surface area contributed by atoms with Crippen LogP contribution in [0.5, 0.6) is 0 Å². The molecule has 0 amide bonds. The van der Waals surface area contributed by atoms with Crippen molar-refractivity contribution in [1.82, 2.24) is 0 Å². The van der Waals surface area contributed by atoms with Crippen molar-refractivity contribution >= 4 is 11.4 Å². The van der Waals surface area contributed by atoms with Gasteiger partial charge in [-0.1, -0.05) is 70.2 Å². The molecule has 0 fully saturated rings. The largest absolute Gasteiger partial charge is 0.399 e. The Hall–Kier alpha value is -2.48. The number of allylic oxidation sites excluding steroid dienone is 4. The Kier molecular flexibility index (Phi) is 4.95. The number of nitrogens with two attached hydrogens (primary N) is 2. The highest BCUT2D eigenvalue weighted by Crippen LogP contribution is 2.48. The monoisotopic (exact) mass is 346 g/mol. The van der Waals surface area contributed by atoms with E-state index in [0.717, 1.165) is 11.4 Å². The smallest absolute Gasteiger partial charge is 0.0452 e. The first-order valence-corrected chi connectivity index (χ1v) is 9.47. The van der Waals surface area contributed by atoms with Gasteiger partial charge < -0.3 is 11.5 Å². The predicted molar refractivity (Wildman–Crippen MR) is 113 cm³/mol. The van der Waals surface area contributed by atoms with E-state index in [1.54, 1.807) is 0 Å². The summed E-state index contributed by atoms with van der Waals surface area (Å²) in [7, 11) is 0. The summed E-state index contributed by atoms with van der Waals surface area (Å²) in [6.45, 7) is 9.10. The van der Waals surface area contributed by atoms with E-state index < -0.39 is 0 Å². The van der Waals surface area contributed by atoms with Gasteiger partial charge in [0.1, 0.15) is 0 Å². The highest BCUT2D eigenvalue weighted by Gasteiger charge is 2.42. The standard InChI is InChI=1S/C24H30N2/c1-16(2)18-5-14-23(17(3)4)24(15-18,19-6-10-21(25)11-7-19)20-8-12-22(26)13-9-20/h5-17,23H,25-26H2,1-4H3. The summed E-state index contributed by atoms with van der Waals surface area (Å²) in [5.74, 6) is 1.32. The molecule has 1 unspecified atom stereocenters. The molecule has 0 radical (unpaired) electrons. The van der Waals surface area contributed by atoms with Gasteiger partial charge in [-0.2, -0.15) is 0 Å². The third kappa shape index (κ3) is 3.16. The van der Waals surface area contributed by atoms with E-state index in [-0.39, 0.29) is 5.41 Å². The van der Waals surface area contributed by atoms with Crippen LogP contribution in [-0.4, -0.2) is 0 Å². The van der Waals surface area contributed by atoms with Crippen molar-refractivity contribution in [2.75, 3.05) is 11.5 Å². The first-order chi connectivity index (χ1) is 12.3. The lowest BCUT2D eigenvalue weighted by molar-refractivity contribution is 0.346. The molecule has 1 aliphatic carbocycles. The molecule has 1 aliphatic rings. The molecule has 3 rings (SSSR count). The summed E-state index contributed by atoms with van der Waals surface area (Å²) in [6, 6.07) is 16.7. The second-order valence-electron chi connectivity index (χ2n) is 8.04. The highest BCUT2D eigenvalue weighted by molar-refractivity contribution is 5.55. The van der Waals surface area contributed by atoms with Crippen LogP contribution in [0.15, 0.2) is 72.3 Å². The average molecular weight is 347 g/mol. The first-order valence-electron chi connectivity index (χ1n) is 9.47. The van der Waals surface area contributed by atoms with Crippen LogP contribution in [0.4, 0.5) is 11.4 Å². The number of hydrogen-bond donors (Lipinski definition) is 2. The van der Waals surface area contributed by atoms with E-state index in [1.807, 2.05) is 24.3 Å². The van der Waals surface area contributed by atoms with Gasteiger partial charge in [-0.25, -0.2) is 0 Å². The fraction of sp³-hybridized carbons (Fsp3) is 0.333. The van der Waals surface area contributed by atoms with Crippen molar-refractivity contribution in [3.63, 3.8) is 0 Å². The predicted octanol–water partition coefficient (Wildman–Crippen LogP) is 5.56. The summed E-state index contributed by atoms with van der Waals surface area (Å²) < 4.78 is 0. The molecule has 136 valence electrons. The lowest BCUT2D eigenvalue weighted by Gasteiger charge is -2.44. The minimum absolute atomic E-state index is 0.218. The molecule has 0 bridgehead atoms. The molecule has 1 atom stereocenters. The molecule has 0 aliphatic heterocycles. The van der Waals surface area contributed by atoms with Crippen LogP contribution >= 0.6 is 0 Å². The Morgan fingerprint density at radius 2 is 1.23 bits per heavy atom. The van der Waals surface area contributed by atoms with E-state index in [9.17, 15) is 0 Å². The second kappa shape index (κ2) is 7.03. The molecule has 0 saturated carbocycles. The van der Waals surface area contributed by atoms with Gasteiger partial charge in [-0.15, -0.1) is 0 Å². The van der Waals surface area contributed by atoms with Crippen molar-refractivity contribution < 1.29 is 0 Å². The zero-order valence-electron chi connectivity index (χ0n) is 16.2. The van der Waals surface area contributed by atoms with Crippen LogP contribution in [0, 0.1) is 17.8 Å². The maximum Gasteiger partial charge on any atom is 0.0452 e. The third-order valence-electron chi connectivity index (χ3n) is 5.58. The van der Waals surface area contributed by atoms with Gasteiger partial charge >= 0.3 is 0 Å². The summed E-state index contributed by atoms with van der Waals surface area (Å²) in [5.41, 5.74) is 17.3. The SMILES string of the molecule is CC(C)C1=CC(c2ccc(N)cc2)(c2ccc(N)cc2)C(C(C)C)C=C1. The maximum atomic E-state index is 5.98. The van der Waals surface area contributed by atoms with Gasteiger partial charge in [0.15, 0.2) is 0 Å². The maximum absolute atomic E-state index is 5.98. The number of hydrogen-bond acceptors (Lipinski definition) is 2. The number of rotatable bonds is 4. The van der Waals surface area contributed by atoms with Gasteiger partial charge in [0.2, 0.25) is 0 Å². The second-order valence-corrected chi connectivity index (χ2v) is 8.04. The number of nitrogen functional groups attached to an aromatic ring is 2. The molecule has 26 heavy (non-hydrogen) atoms. The Morgan fingerprint density at radius 3 is 1.62 bits per heavy atom.